The Bertz CT molecular complexity index is 3370. The fourth-order valence-corrected chi connectivity index (χ4v) is 12.4. The summed E-state index contributed by atoms with van der Waals surface area (Å²) in [5.41, 5.74) is 5.49. The summed E-state index contributed by atoms with van der Waals surface area (Å²) in [5, 5.41) is 5.76. The third-order valence-corrected chi connectivity index (χ3v) is 16.7. The number of carbonyl (C=O) groups is 6. The van der Waals surface area contributed by atoms with Crippen LogP contribution in [0.4, 0.5) is 21.0 Å². The zero-order valence-electron chi connectivity index (χ0n) is 44.9. The van der Waals surface area contributed by atoms with E-state index >= 15 is 4.39 Å². The highest BCUT2D eigenvalue weighted by molar-refractivity contribution is 7.22. The summed E-state index contributed by atoms with van der Waals surface area (Å²) in [5.74, 6) is -1.98. The number of likely N-dealkylation sites (tertiary alicyclic amines) is 1. The van der Waals surface area contributed by atoms with E-state index in [4.69, 9.17) is 14.5 Å². The number of benzene rings is 4. The van der Waals surface area contributed by atoms with Crippen LogP contribution in [0.15, 0.2) is 84.9 Å². The number of piperazine rings is 1. The second kappa shape index (κ2) is 22.3. The Morgan fingerprint density at radius 1 is 0.785 bits per heavy atom. The smallest absolute Gasteiger partial charge is 0.358 e. The first-order valence-electron chi connectivity index (χ1n) is 27.3. The number of aromatic nitrogens is 2. The average Bonchev–Trinajstić information content (AvgIpc) is 4.03. The van der Waals surface area contributed by atoms with Crippen LogP contribution in [-0.4, -0.2) is 137 Å². The molecule has 410 valence electrons. The van der Waals surface area contributed by atoms with Crippen LogP contribution in [0.3, 0.4) is 0 Å². The molecule has 19 heteroatoms. The van der Waals surface area contributed by atoms with Crippen molar-refractivity contribution in [3.05, 3.63) is 130 Å². The molecule has 0 spiro atoms. The Hall–Kier alpha value is -7.61. The van der Waals surface area contributed by atoms with Gasteiger partial charge in [0.05, 0.1) is 33.6 Å². The van der Waals surface area contributed by atoms with Gasteiger partial charge < -0.3 is 24.2 Å². The number of hydrogen-bond acceptors (Lipinski definition) is 15. The summed E-state index contributed by atoms with van der Waals surface area (Å²) in [6, 6.07) is 24.8. The SMILES string of the molecule is Cc1c(OCCCN2CCC(CN3CCN(c4cc5c(cc4F)C(=O)N(C4CCC(=O)NC4=O)C5=O)CC3)CC2)cccc1-c1ccc(N2CCc3cccc(C(=O)Nc4nc5ccccc5s4)c3C2)nc1C(=O)OC(C)(C)C. The monoisotopic (exact) mass is 1090 g/mol. The van der Waals surface area contributed by atoms with E-state index in [-0.39, 0.29) is 41.3 Å². The normalized spacial score (nSPS) is 18.4. The summed E-state index contributed by atoms with van der Waals surface area (Å²) in [4.78, 5) is 98.1. The van der Waals surface area contributed by atoms with E-state index in [1.807, 2.05) is 99.3 Å². The minimum Gasteiger partial charge on any atom is -0.493 e. The van der Waals surface area contributed by atoms with Gasteiger partial charge in [-0.15, -0.1) is 0 Å². The molecule has 2 aromatic heterocycles. The molecule has 6 aromatic rings. The largest absolute Gasteiger partial charge is 0.493 e. The average molecular weight is 1090 g/mol. The third-order valence-electron chi connectivity index (χ3n) is 15.7. The van der Waals surface area contributed by atoms with Crippen molar-refractivity contribution >= 4 is 73.7 Å². The maximum absolute atomic E-state index is 15.6. The minimum atomic E-state index is -1.11. The minimum absolute atomic E-state index is 0.0127. The van der Waals surface area contributed by atoms with E-state index in [0.29, 0.717) is 67.2 Å². The third kappa shape index (κ3) is 11.3. The molecule has 17 nitrogen and oxygen atoms in total. The zero-order valence-corrected chi connectivity index (χ0v) is 45.8. The number of thiazole rings is 1. The number of esters is 1. The maximum Gasteiger partial charge on any atom is 0.358 e. The fraction of sp³-hybridized carbons (Fsp3) is 0.400. The fourth-order valence-electron chi connectivity index (χ4n) is 11.6. The molecule has 4 aromatic carbocycles. The van der Waals surface area contributed by atoms with Gasteiger partial charge in [-0.1, -0.05) is 47.7 Å². The first-order valence-corrected chi connectivity index (χ1v) is 28.1. The van der Waals surface area contributed by atoms with Gasteiger partial charge in [0.25, 0.3) is 17.7 Å². The van der Waals surface area contributed by atoms with E-state index in [1.54, 1.807) is 0 Å². The van der Waals surface area contributed by atoms with Gasteiger partial charge in [0, 0.05) is 69.9 Å². The first-order chi connectivity index (χ1) is 38.0. The van der Waals surface area contributed by atoms with Crippen LogP contribution < -0.4 is 25.2 Å². The van der Waals surface area contributed by atoms with Crippen LogP contribution in [0, 0.1) is 18.7 Å². The van der Waals surface area contributed by atoms with Crippen LogP contribution in [0.25, 0.3) is 21.3 Å². The molecule has 5 aliphatic rings. The second-order valence-electron chi connectivity index (χ2n) is 22.1. The molecule has 0 saturated carbocycles. The number of anilines is 3. The number of hydrogen-bond donors (Lipinski definition) is 2. The standard InChI is InChI=1S/C60H64FN9O8S/c1-36-39(40-16-18-51(63-53(40)58(76)78-60(2,3)4)69-26-22-38-10-7-12-41(44(38)35-69)54(72)65-59-62-46-13-5-6-15-50(46)79-59)11-8-14-49(36)77-31-9-23-66-24-20-37(21-25-66)34-67-27-29-68(30-28-67)48-33-43-42(32-45(48)61)56(74)70(57(43)75)47-17-19-52(71)64-55(47)73/h5-8,10-16,18,32-33,37,47H,9,17,19-31,34-35H2,1-4H3,(H,62,65,72)(H,64,71,73). The van der Waals surface area contributed by atoms with Crippen LogP contribution >= 0.6 is 11.3 Å². The van der Waals surface area contributed by atoms with Crippen molar-refractivity contribution in [2.45, 2.75) is 84.4 Å². The van der Waals surface area contributed by atoms with Gasteiger partial charge in [0.2, 0.25) is 11.8 Å². The van der Waals surface area contributed by atoms with Gasteiger partial charge in [-0.2, -0.15) is 0 Å². The van der Waals surface area contributed by atoms with Crippen LogP contribution in [-0.2, 0) is 27.3 Å². The molecule has 5 amide bonds. The van der Waals surface area contributed by atoms with Crippen molar-refractivity contribution in [1.29, 1.82) is 0 Å². The molecule has 1 atom stereocenters. The molecule has 11 rings (SSSR count). The predicted molar refractivity (Wildman–Crippen MR) is 299 cm³/mol. The summed E-state index contributed by atoms with van der Waals surface area (Å²) in [7, 11) is 0. The Balaban J connectivity index is 0.671. The second-order valence-corrected chi connectivity index (χ2v) is 23.2. The first kappa shape index (κ1) is 53.4. The Morgan fingerprint density at radius 3 is 2.30 bits per heavy atom. The number of pyridine rings is 1. The molecule has 2 N–H and O–H groups in total. The molecule has 3 saturated heterocycles. The van der Waals surface area contributed by atoms with E-state index in [0.717, 1.165) is 108 Å². The molecular formula is C60H64FN9O8S. The molecule has 3 fully saturated rings. The van der Waals surface area contributed by atoms with Crippen LogP contribution in [0.5, 0.6) is 5.75 Å². The molecule has 1 unspecified atom stereocenters. The van der Waals surface area contributed by atoms with Crippen molar-refractivity contribution in [3.8, 4) is 16.9 Å². The summed E-state index contributed by atoms with van der Waals surface area (Å²) >= 11 is 1.44. The number of rotatable bonds is 14. The Labute approximate surface area is 462 Å². The van der Waals surface area contributed by atoms with E-state index in [1.165, 1.54) is 17.4 Å². The van der Waals surface area contributed by atoms with Gasteiger partial charge in [0.1, 0.15) is 29.0 Å². The van der Waals surface area contributed by atoms with Crippen molar-refractivity contribution in [1.82, 2.24) is 30.0 Å². The van der Waals surface area contributed by atoms with E-state index in [2.05, 4.69) is 36.4 Å². The van der Waals surface area contributed by atoms with Crippen LogP contribution in [0.2, 0.25) is 0 Å². The highest BCUT2D eigenvalue weighted by Crippen LogP contribution is 2.37. The molecule has 7 heterocycles. The summed E-state index contributed by atoms with van der Waals surface area (Å²) < 4.78 is 29.0. The number of nitrogens with one attached hydrogen (secondary N) is 2. The van der Waals surface area contributed by atoms with Gasteiger partial charge in [-0.05, 0) is 150 Å². The van der Waals surface area contributed by atoms with Gasteiger partial charge in [-0.3, -0.25) is 44.4 Å². The molecule has 5 aliphatic heterocycles. The van der Waals surface area contributed by atoms with Crippen molar-refractivity contribution < 1.29 is 42.6 Å². The van der Waals surface area contributed by atoms with Crippen molar-refractivity contribution in [3.63, 3.8) is 0 Å². The van der Waals surface area contributed by atoms with Crippen molar-refractivity contribution in [2.75, 3.05) is 80.6 Å². The summed E-state index contributed by atoms with van der Waals surface area (Å²) in [6.07, 6.45) is 3.73. The lowest BCUT2D eigenvalue weighted by Gasteiger charge is -2.39. The van der Waals surface area contributed by atoms with Crippen molar-refractivity contribution in [2.24, 2.45) is 5.92 Å². The number of amides is 5. The highest BCUT2D eigenvalue weighted by atomic mass is 32.1. The summed E-state index contributed by atoms with van der Waals surface area (Å²) in [6.45, 7) is 15.6. The molecule has 0 radical (unpaired) electrons. The molecule has 79 heavy (non-hydrogen) atoms. The van der Waals surface area contributed by atoms with Crippen LogP contribution in [0.1, 0.15) is 111 Å². The quantitative estimate of drug-likeness (QED) is 0.0603. The number of para-hydroxylation sites is 1. The number of imide groups is 2. The molecular weight excluding hydrogens is 1030 g/mol. The Kier molecular flexibility index (Phi) is 15.0. The number of fused-ring (bicyclic) bond motifs is 3. The Morgan fingerprint density at radius 2 is 1.54 bits per heavy atom. The van der Waals surface area contributed by atoms with Gasteiger partial charge >= 0.3 is 5.97 Å². The molecule has 0 aliphatic carbocycles. The lowest BCUT2D eigenvalue weighted by Crippen LogP contribution is -2.54. The van der Waals surface area contributed by atoms with Gasteiger partial charge in [-0.25, -0.2) is 19.2 Å². The maximum atomic E-state index is 15.6. The van der Waals surface area contributed by atoms with Gasteiger partial charge in [0.15, 0.2) is 10.8 Å². The lowest BCUT2D eigenvalue weighted by molar-refractivity contribution is -0.136. The molecule has 0 bridgehead atoms. The highest BCUT2D eigenvalue weighted by Gasteiger charge is 2.45. The number of halogens is 1. The number of ether oxygens (including phenoxy) is 2. The number of nitrogens with zero attached hydrogens (tertiary/aromatic N) is 7. The topological polar surface area (TPSA) is 187 Å². The van der Waals surface area contributed by atoms with E-state index < -0.39 is 47.1 Å². The number of piperidine rings is 2. The number of carbonyl (C=O) groups excluding carboxylic acids is 6. The zero-order chi connectivity index (χ0) is 55.1. The lowest BCUT2D eigenvalue weighted by atomic mass is 9.94. The predicted octanol–water partition coefficient (Wildman–Crippen LogP) is 8.28. The van der Waals surface area contributed by atoms with E-state index in [9.17, 15) is 28.8 Å².